The molecule has 0 amide bonds. The van der Waals surface area contributed by atoms with Gasteiger partial charge in [-0.25, -0.2) is 0 Å². The normalized spacial score (nSPS) is 10.5. The highest BCUT2D eigenvalue weighted by molar-refractivity contribution is 5.93. The molecule has 0 heterocycles. The third kappa shape index (κ3) is 2.11. The third-order valence-electron chi connectivity index (χ3n) is 2.79. The van der Waals surface area contributed by atoms with Gasteiger partial charge in [0, 0.05) is 10.8 Å². The van der Waals surface area contributed by atoms with Gasteiger partial charge in [0.1, 0.15) is 11.5 Å². The largest absolute Gasteiger partial charge is 0.507 e. The lowest BCUT2D eigenvalue weighted by Gasteiger charge is -2.10. The van der Waals surface area contributed by atoms with E-state index in [1.165, 1.54) is 0 Å². The maximum Gasteiger partial charge on any atom is 0.127 e. The zero-order valence-corrected chi connectivity index (χ0v) is 10.2. The molecule has 2 rings (SSSR count). The van der Waals surface area contributed by atoms with Crippen LogP contribution in [0, 0.1) is 0 Å². The standard InChI is InChI=1S/C15H16O2/c1-10(2)9-11-7-8-12-13(15(11)16)5-4-6-14(12)17-3/h4-8,16H,1,9H2,2-3H3. The summed E-state index contributed by atoms with van der Waals surface area (Å²) in [7, 11) is 1.63. The smallest absolute Gasteiger partial charge is 0.127 e. The van der Waals surface area contributed by atoms with E-state index in [9.17, 15) is 5.11 Å². The van der Waals surface area contributed by atoms with E-state index in [0.29, 0.717) is 12.2 Å². The Balaban J connectivity index is 2.64. The molecule has 0 bridgehead atoms. The highest BCUT2D eigenvalue weighted by Crippen LogP contribution is 2.34. The number of allylic oxidation sites excluding steroid dienone is 1. The molecule has 0 atom stereocenters. The summed E-state index contributed by atoms with van der Waals surface area (Å²) in [6.45, 7) is 5.82. The highest BCUT2D eigenvalue weighted by Gasteiger charge is 2.09. The van der Waals surface area contributed by atoms with Crippen LogP contribution in [0.2, 0.25) is 0 Å². The number of aromatic hydroxyl groups is 1. The quantitative estimate of drug-likeness (QED) is 0.812. The Morgan fingerprint density at radius 2 is 2.00 bits per heavy atom. The zero-order chi connectivity index (χ0) is 12.4. The number of ether oxygens (including phenoxy) is 1. The number of benzene rings is 2. The van der Waals surface area contributed by atoms with Crippen LogP contribution in [0.15, 0.2) is 42.5 Å². The van der Waals surface area contributed by atoms with Crippen LogP contribution in [0.3, 0.4) is 0 Å². The predicted octanol–water partition coefficient (Wildman–Crippen LogP) is 3.67. The van der Waals surface area contributed by atoms with Crippen LogP contribution >= 0.6 is 0 Å². The average molecular weight is 228 g/mol. The van der Waals surface area contributed by atoms with Gasteiger partial charge in [-0.1, -0.05) is 36.4 Å². The third-order valence-corrected chi connectivity index (χ3v) is 2.79. The summed E-state index contributed by atoms with van der Waals surface area (Å²) in [5, 5.41) is 12.0. The maximum absolute atomic E-state index is 10.2. The second-order valence-electron chi connectivity index (χ2n) is 4.26. The first-order chi connectivity index (χ1) is 8.13. The molecule has 2 aromatic rings. The minimum Gasteiger partial charge on any atom is -0.507 e. The minimum absolute atomic E-state index is 0.324. The fourth-order valence-corrected chi connectivity index (χ4v) is 2.00. The molecule has 0 aliphatic rings. The van der Waals surface area contributed by atoms with Crippen LogP contribution in [-0.2, 0) is 6.42 Å². The van der Waals surface area contributed by atoms with E-state index < -0.39 is 0 Å². The molecular weight excluding hydrogens is 212 g/mol. The Morgan fingerprint density at radius 3 is 2.65 bits per heavy atom. The fourth-order valence-electron chi connectivity index (χ4n) is 2.00. The molecule has 0 spiro atoms. The van der Waals surface area contributed by atoms with Gasteiger partial charge < -0.3 is 9.84 Å². The SMILES string of the molecule is C=C(C)Cc1ccc2c(OC)cccc2c1O. The Kier molecular flexibility index (Phi) is 3.05. The molecule has 0 fully saturated rings. The van der Waals surface area contributed by atoms with Crippen molar-refractivity contribution in [3.63, 3.8) is 0 Å². The molecule has 2 heteroatoms. The maximum atomic E-state index is 10.2. The first-order valence-electron chi connectivity index (χ1n) is 5.55. The Bertz CT molecular complexity index is 570. The summed E-state index contributed by atoms with van der Waals surface area (Å²) in [4.78, 5) is 0. The molecule has 17 heavy (non-hydrogen) atoms. The van der Waals surface area contributed by atoms with Crippen molar-refractivity contribution < 1.29 is 9.84 Å². The van der Waals surface area contributed by atoms with Gasteiger partial charge in [0.05, 0.1) is 7.11 Å². The Labute approximate surface area is 101 Å². The topological polar surface area (TPSA) is 29.5 Å². The van der Waals surface area contributed by atoms with Crippen molar-refractivity contribution in [2.45, 2.75) is 13.3 Å². The van der Waals surface area contributed by atoms with Gasteiger partial charge >= 0.3 is 0 Å². The molecular formula is C15H16O2. The van der Waals surface area contributed by atoms with Gasteiger partial charge in [-0.05, 0) is 25.0 Å². The number of methoxy groups -OCH3 is 1. The van der Waals surface area contributed by atoms with E-state index >= 15 is 0 Å². The summed E-state index contributed by atoms with van der Waals surface area (Å²) in [6, 6.07) is 9.57. The second-order valence-corrected chi connectivity index (χ2v) is 4.26. The number of hydrogen-bond donors (Lipinski definition) is 1. The molecule has 0 saturated carbocycles. The first-order valence-corrected chi connectivity index (χ1v) is 5.55. The van der Waals surface area contributed by atoms with Crippen LogP contribution in [0.4, 0.5) is 0 Å². The number of hydrogen-bond acceptors (Lipinski definition) is 2. The lowest BCUT2D eigenvalue weighted by Crippen LogP contribution is -1.90. The number of rotatable bonds is 3. The van der Waals surface area contributed by atoms with Gasteiger partial charge in [0.2, 0.25) is 0 Å². The summed E-state index contributed by atoms with van der Waals surface area (Å²) < 4.78 is 5.27. The van der Waals surface area contributed by atoms with Crippen LogP contribution in [-0.4, -0.2) is 12.2 Å². The molecule has 0 unspecified atom stereocenters. The van der Waals surface area contributed by atoms with Crippen molar-refractivity contribution in [2.75, 3.05) is 7.11 Å². The summed E-state index contributed by atoms with van der Waals surface area (Å²) >= 11 is 0. The molecule has 0 aliphatic heterocycles. The predicted molar refractivity (Wildman–Crippen MR) is 70.7 cm³/mol. The Hall–Kier alpha value is -1.96. The molecule has 2 aromatic carbocycles. The van der Waals surface area contributed by atoms with Crippen molar-refractivity contribution in [1.82, 2.24) is 0 Å². The van der Waals surface area contributed by atoms with E-state index in [-0.39, 0.29) is 0 Å². The van der Waals surface area contributed by atoms with E-state index in [0.717, 1.165) is 27.7 Å². The summed E-state index contributed by atoms with van der Waals surface area (Å²) in [5.41, 5.74) is 1.93. The molecule has 2 nitrogen and oxygen atoms in total. The van der Waals surface area contributed by atoms with Gasteiger partial charge in [0.25, 0.3) is 0 Å². The average Bonchev–Trinajstić information content (AvgIpc) is 2.31. The van der Waals surface area contributed by atoms with Crippen LogP contribution in [0.5, 0.6) is 11.5 Å². The fraction of sp³-hybridized carbons (Fsp3) is 0.200. The van der Waals surface area contributed by atoms with Crippen molar-refractivity contribution >= 4 is 10.8 Å². The van der Waals surface area contributed by atoms with E-state index in [1.54, 1.807) is 7.11 Å². The van der Waals surface area contributed by atoms with Gasteiger partial charge in [-0.15, -0.1) is 0 Å². The van der Waals surface area contributed by atoms with Crippen LogP contribution in [0.1, 0.15) is 12.5 Å². The lowest BCUT2D eigenvalue weighted by atomic mass is 10.0. The van der Waals surface area contributed by atoms with Gasteiger partial charge in [-0.3, -0.25) is 0 Å². The number of fused-ring (bicyclic) bond motifs is 1. The highest BCUT2D eigenvalue weighted by atomic mass is 16.5. The molecule has 0 aromatic heterocycles. The number of phenolic OH excluding ortho intramolecular Hbond substituents is 1. The van der Waals surface area contributed by atoms with Crippen LogP contribution < -0.4 is 4.74 Å². The molecule has 88 valence electrons. The lowest BCUT2D eigenvalue weighted by molar-refractivity contribution is 0.419. The second kappa shape index (κ2) is 4.50. The molecule has 0 radical (unpaired) electrons. The number of phenols is 1. The van der Waals surface area contributed by atoms with Gasteiger partial charge in [-0.2, -0.15) is 0 Å². The zero-order valence-electron chi connectivity index (χ0n) is 10.2. The van der Waals surface area contributed by atoms with E-state index in [2.05, 4.69) is 6.58 Å². The van der Waals surface area contributed by atoms with Crippen LogP contribution in [0.25, 0.3) is 10.8 Å². The van der Waals surface area contributed by atoms with Crippen molar-refractivity contribution in [1.29, 1.82) is 0 Å². The summed E-state index contributed by atoms with van der Waals surface area (Å²) in [5.74, 6) is 1.10. The van der Waals surface area contributed by atoms with Crippen molar-refractivity contribution in [3.8, 4) is 11.5 Å². The molecule has 0 aliphatic carbocycles. The Morgan fingerprint density at radius 1 is 1.24 bits per heavy atom. The first kappa shape index (κ1) is 11.5. The molecule has 0 saturated heterocycles. The van der Waals surface area contributed by atoms with E-state index in [4.69, 9.17) is 4.74 Å². The monoisotopic (exact) mass is 228 g/mol. The molecule has 1 N–H and O–H groups in total. The minimum atomic E-state index is 0.324. The van der Waals surface area contributed by atoms with Crippen molar-refractivity contribution in [2.24, 2.45) is 0 Å². The van der Waals surface area contributed by atoms with Gasteiger partial charge in [0.15, 0.2) is 0 Å². The van der Waals surface area contributed by atoms with Crippen molar-refractivity contribution in [3.05, 3.63) is 48.0 Å². The van der Waals surface area contributed by atoms with E-state index in [1.807, 2.05) is 37.3 Å². The summed E-state index contributed by atoms with van der Waals surface area (Å²) in [6.07, 6.45) is 0.693.